The molecule has 2 aliphatic heterocycles. The Morgan fingerprint density at radius 1 is 0.650 bits per heavy atom. The fourth-order valence-electron chi connectivity index (χ4n) is 11.4. The standard InChI is InChI=1S/C55H51NO4/c1-7-54(8-2)44-16-12-11-15-39(44)50-42-32-47(56-27-29-59-30-28-56)48(58-6)33-43(42)52-41(51(50)54)25-26-55(60-52,35-18-21-37(57-5)22-19-35)36-20-23-40-46(31-36)53(3,4)45-24-17-34-13-9-10-14-38(34)49(40)45/h9-26,31-33H,7-8,27-30H2,1-6H3. The fraction of sp³-hybridized carbons (Fsp3) is 0.273. The van der Waals surface area contributed by atoms with Gasteiger partial charge in [0.25, 0.3) is 0 Å². The summed E-state index contributed by atoms with van der Waals surface area (Å²) in [5.41, 5.74) is 13.7. The van der Waals surface area contributed by atoms with Gasteiger partial charge < -0.3 is 23.8 Å². The molecule has 7 aromatic carbocycles. The van der Waals surface area contributed by atoms with E-state index in [9.17, 15) is 0 Å². The Balaban J connectivity index is 1.20. The van der Waals surface area contributed by atoms with Crippen molar-refractivity contribution in [2.24, 2.45) is 0 Å². The third-order valence-electron chi connectivity index (χ3n) is 14.6. The molecule has 0 radical (unpaired) electrons. The second kappa shape index (κ2) is 13.5. The monoisotopic (exact) mass is 789 g/mol. The summed E-state index contributed by atoms with van der Waals surface area (Å²) < 4.78 is 25.7. The van der Waals surface area contributed by atoms with Gasteiger partial charge in [0.05, 0.1) is 33.1 Å². The molecular weight excluding hydrogens is 739 g/mol. The van der Waals surface area contributed by atoms with Gasteiger partial charge >= 0.3 is 0 Å². The van der Waals surface area contributed by atoms with Crippen LogP contribution < -0.4 is 19.1 Å². The summed E-state index contributed by atoms with van der Waals surface area (Å²) in [6.45, 7) is 12.4. The number of morpholine rings is 1. The van der Waals surface area contributed by atoms with Crippen molar-refractivity contribution in [3.05, 3.63) is 160 Å². The van der Waals surface area contributed by atoms with Gasteiger partial charge in [-0.05, 0) is 110 Å². The summed E-state index contributed by atoms with van der Waals surface area (Å²) in [5, 5.41) is 4.80. The molecule has 0 amide bonds. The second-order valence-corrected chi connectivity index (χ2v) is 17.5. The molecule has 0 spiro atoms. The van der Waals surface area contributed by atoms with E-state index in [1.165, 1.54) is 60.7 Å². The zero-order valence-electron chi connectivity index (χ0n) is 35.4. The van der Waals surface area contributed by atoms with E-state index in [1.807, 2.05) is 0 Å². The molecule has 7 aromatic rings. The van der Waals surface area contributed by atoms with Crippen LogP contribution in [-0.2, 0) is 21.2 Å². The molecule has 1 atom stereocenters. The number of fused-ring (bicyclic) bond motifs is 13. The van der Waals surface area contributed by atoms with E-state index in [2.05, 4.69) is 160 Å². The molecule has 5 heteroatoms. The van der Waals surface area contributed by atoms with E-state index < -0.39 is 5.60 Å². The molecule has 300 valence electrons. The largest absolute Gasteiger partial charge is 0.497 e. The van der Waals surface area contributed by atoms with Gasteiger partial charge in [-0.2, -0.15) is 0 Å². The SMILES string of the molecule is CCC1(CC)c2ccccc2-c2c1c1c(c3cc(OC)c(N4CCOCC4)cc23)OC(c2ccc(OC)cc2)(c2ccc3c(c2)C(C)(C)c2ccc4ccccc4c2-3)C=C1. The van der Waals surface area contributed by atoms with Crippen molar-refractivity contribution >= 4 is 33.3 Å². The normalized spacial score (nSPS) is 19.0. The predicted octanol–water partition coefficient (Wildman–Crippen LogP) is 12.6. The van der Waals surface area contributed by atoms with E-state index in [4.69, 9.17) is 18.9 Å². The average molecular weight is 790 g/mol. The highest BCUT2D eigenvalue weighted by Crippen LogP contribution is 2.62. The molecule has 1 fully saturated rings. The van der Waals surface area contributed by atoms with E-state index >= 15 is 0 Å². The molecule has 5 nitrogen and oxygen atoms in total. The molecule has 11 rings (SSSR count). The first kappa shape index (κ1) is 37.0. The van der Waals surface area contributed by atoms with E-state index in [0.29, 0.717) is 13.2 Å². The Bertz CT molecular complexity index is 2910. The van der Waals surface area contributed by atoms with Gasteiger partial charge in [-0.3, -0.25) is 0 Å². The minimum Gasteiger partial charge on any atom is -0.497 e. The maximum atomic E-state index is 7.93. The fourth-order valence-corrected chi connectivity index (χ4v) is 11.4. The Morgan fingerprint density at radius 2 is 1.38 bits per heavy atom. The number of nitrogens with zero attached hydrogens (tertiary/aromatic N) is 1. The first-order valence-electron chi connectivity index (χ1n) is 21.6. The molecule has 1 unspecified atom stereocenters. The smallest absolute Gasteiger partial charge is 0.178 e. The van der Waals surface area contributed by atoms with Gasteiger partial charge in [0.2, 0.25) is 0 Å². The maximum absolute atomic E-state index is 7.93. The Morgan fingerprint density at radius 3 is 2.15 bits per heavy atom. The third-order valence-corrected chi connectivity index (χ3v) is 14.6. The van der Waals surface area contributed by atoms with Gasteiger partial charge in [0, 0.05) is 46.0 Å². The molecule has 2 aliphatic carbocycles. The highest BCUT2D eigenvalue weighted by Gasteiger charge is 2.48. The van der Waals surface area contributed by atoms with Crippen LogP contribution in [-0.4, -0.2) is 40.5 Å². The predicted molar refractivity (Wildman–Crippen MR) is 245 cm³/mol. The Kier molecular flexibility index (Phi) is 8.32. The molecule has 1 saturated heterocycles. The van der Waals surface area contributed by atoms with Gasteiger partial charge in [-0.1, -0.05) is 119 Å². The number of benzene rings is 7. The van der Waals surface area contributed by atoms with Crippen LogP contribution in [0, 0.1) is 0 Å². The molecule has 0 bridgehead atoms. The van der Waals surface area contributed by atoms with Crippen molar-refractivity contribution in [2.75, 3.05) is 45.4 Å². The number of methoxy groups -OCH3 is 2. The van der Waals surface area contributed by atoms with Crippen LogP contribution in [0.2, 0.25) is 0 Å². The number of anilines is 1. The number of hydrogen-bond donors (Lipinski definition) is 0. The van der Waals surface area contributed by atoms with Crippen molar-refractivity contribution in [3.63, 3.8) is 0 Å². The van der Waals surface area contributed by atoms with Crippen LogP contribution in [0.1, 0.15) is 79.5 Å². The zero-order valence-corrected chi connectivity index (χ0v) is 35.4. The highest BCUT2D eigenvalue weighted by atomic mass is 16.5. The van der Waals surface area contributed by atoms with E-state index in [0.717, 1.165) is 70.9 Å². The molecule has 0 aromatic heterocycles. The lowest BCUT2D eigenvalue weighted by atomic mass is 9.71. The molecule has 0 N–H and O–H groups in total. The van der Waals surface area contributed by atoms with Crippen LogP contribution >= 0.6 is 0 Å². The number of rotatable bonds is 7. The Hall–Kier alpha value is -6.04. The minimum absolute atomic E-state index is 0.177. The number of hydrogen-bond acceptors (Lipinski definition) is 5. The Labute approximate surface area is 353 Å². The first-order valence-corrected chi connectivity index (χ1v) is 21.6. The van der Waals surface area contributed by atoms with E-state index in [1.54, 1.807) is 14.2 Å². The average Bonchev–Trinajstić information content (AvgIpc) is 3.74. The second-order valence-electron chi connectivity index (χ2n) is 17.5. The molecule has 0 saturated carbocycles. The van der Waals surface area contributed by atoms with Crippen LogP contribution in [0.25, 0.3) is 49.9 Å². The minimum atomic E-state index is -0.953. The highest BCUT2D eigenvalue weighted by molar-refractivity contribution is 6.10. The van der Waals surface area contributed by atoms with Crippen molar-refractivity contribution in [1.29, 1.82) is 0 Å². The summed E-state index contributed by atoms with van der Waals surface area (Å²) in [5.74, 6) is 2.54. The topological polar surface area (TPSA) is 40.2 Å². The third kappa shape index (κ3) is 4.96. The summed E-state index contributed by atoms with van der Waals surface area (Å²) in [6, 6.07) is 42.6. The lowest BCUT2D eigenvalue weighted by Crippen LogP contribution is -2.36. The molecular formula is C55H51NO4. The summed E-state index contributed by atoms with van der Waals surface area (Å²) in [6.07, 6.45) is 6.67. The van der Waals surface area contributed by atoms with Crippen molar-refractivity contribution in [1.82, 2.24) is 0 Å². The van der Waals surface area contributed by atoms with Gasteiger partial charge in [0.1, 0.15) is 17.2 Å². The first-order chi connectivity index (χ1) is 29.3. The number of ether oxygens (including phenoxy) is 4. The van der Waals surface area contributed by atoms with Crippen molar-refractivity contribution in [3.8, 4) is 39.5 Å². The quantitative estimate of drug-likeness (QED) is 0.161. The maximum Gasteiger partial charge on any atom is 0.178 e. The van der Waals surface area contributed by atoms with Gasteiger partial charge in [-0.25, -0.2) is 0 Å². The van der Waals surface area contributed by atoms with Crippen molar-refractivity contribution < 1.29 is 18.9 Å². The summed E-state index contributed by atoms with van der Waals surface area (Å²) >= 11 is 0. The van der Waals surface area contributed by atoms with Crippen LogP contribution in [0.4, 0.5) is 5.69 Å². The van der Waals surface area contributed by atoms with Gasteiger partial charge in [-0.15, -0.1) is 0 Å². The van der Waals surface area contributed by atoms with Crippen molar-refractivity contribution in [2.45, 2.75) is 57.0 Å². The zero-order chi connectivity index (χ0) is 41.0. The van der Waals surface area contributed by atoms with E-state index in [-0.39, 0.29) is 10.8 Å². The summed E-state index contributed by atoms with van der Waals surface area (Å²) in [7, 11) is 3.51. The lowest BCUT2D eigenvalue weighted by Gasteiger charge is -2.40. The molecule has 60 heavy (non-hydrogen) atoms. The van der Waals surface area contributed by atoms with Crippen LogP contribution in [0.5, 0.6) is 17.2 Å². The van der Waals surface area contributed by atoms with Crippen LogP contribution in [0.15, 0.2) is 121 Å². The lowest BCUT2D eigenvalue weighted by molar-refractivity contribution is 0.122. The van der Waals surface area contributed by atoms with Crippen LogP contribution in [0.3, 0.4) is 0 Å². The molecule has 4 aliphatic rings. The van der Waals surface area contributed by atoms with Gasteiger partial charge in [0.15, 0.2) is 5.60 Å². The molecule has 2 heterocycles. The summed E-state index contributed by atoms with van der Waals surface area (Å²) in [4.78, 5) is 2.41.